The van der Waals surface area contributed by atoms with Crippen LogP contribution in [-0.2, 0) is 0 Å². The Balaban J connectivity index is 0.000000756. The molecule has 9 fully saturated rings. The van der Waals surface area contributed by atoms with Crippen LogP contribution in [0.4, 0.5) is 0 Å². The van der Waals surface area contributed by atoms with Crippen LogP contribution in [0.15, 0.2) is 0 Å². The minimum atomic E-state index is 0.500. The summed E-state index contributed by atoms with van der Waals surface area (Å²) in [4.78, 5) is 0. The van der Waals surface area contributed by atoms with Gasteiger partial charge in [0, 0.05) is 0 Å². The van der Waals surface area contributed by atoms with Crippen LogP contribution in [0, 0.1) is 87.3 Å². The first-order valence-electron chi connectivity index (χ1n) is 32.9. The highest BCUT2D eigenvalue weighted by Crippen LogP contribution is 2.43. The van der Waals surface area contributed by atoms with Gasteiger partial charge in [-0.2, -0.15) is 0 Å². The summed E-state index contributed by atoms with van der Waals surface area (Å²) >= 11 is 0. The molecular weight excluding hydrogens is 841 g/mol. The monoisotopic (exact) mass is 983 g/mol. The van der Waals surface area contributed by atoms with Crippen LogP contribution in [0.2, 0.25) is 0 Å². The molecular formula is C70H142. The Hall–Kier alpha value is 0. The van der Waals surface area contributed by atoms with Gasteiger partial charge >= 0.3 is 0 Å². The normalized spacial score (nSPS) is 28.5. The molecule has 0 heterocycles. The lowest BCUT2D eigenvalue weighted by molar-refractivity contribution is 0.155. The SMILES string of the molecule is CC(C)C(C)(C)C.CC(C)C1CCC1.CC1(C)CCCC1.CC1CCCCC1.CC1CCC[C@H]1C.CC1CC[C@@H](C)C1.CCC1(C)CCC1.CCC1CCCC1.CCC1CC[C@@H]1C.CCCC1CCC1. The van der Waals surface area contributed by atoms with Crippen LogP contribution in [0.25, 0.3) is 0 Å². The van der Waals surface area contributed by atoms with Crippen molar-refractivity contribution in [2.24, 2.45) is 87.3 Å². The second-order valence-corrected chi connectivity index (χ2v) is 29.4. The molecule has 0 heteroatoms. The van der Waals surface area contributed by atoms with Crippen molar-refractivity contribution in [3.8, 4) is 0 Å². The first-order chi connectivity index (χ1) is 32.9. The molecule has 0 amide bonds. The van der Waals surface area contributed by atoms with Gasteiger partial charge in [0.05, 0.1) is 0 Å². The second kappa shape index (κ2) is 40.3. The fraction of sp³-hybridized carbons (Fsp3) is 1.00. The molecule has 3 unspecified atom stereocenters. The summed E-state index contributed by atoms with van der Waals surface area (Å²) in [6.45, 7) is 46.3. The quantitative estimate of drug-likeness (QED) is 0.249. The van der Waals surface area contributed by atoms with E-state index in [4.69, 9.17) is 0 Å². The van der Waals surface area contributed by atoms with E-state index in [1.165, 1.54) is 225 Å². The van der Waals surface area contributed by atoms with E-state index in [1.54, 1.807) is 0 Å². The fourth-order valence-electron chi connectivity index (χ4n) is 11.7. The van der Waals surface area contributed by atoms with E-state index in [1.807, 2.05) is 0 Å². The highest BCUT2D eigenvalue weighted by molar-refractivity contribution is 4.81. The summed E-state index contributed by atoms with van der Waals surface area (Å²) < 4.78 is 0. The van der Waals surface area contributed by atoms with Gasteiger partial charge in [-0.1, -0.05) is 325 Å². The van der Waals surface area contributed by atoms with Crippen molar-refractivity contribution >= 4 is 0 Å². The van der Waals surface area contributed by atoms with Crippen molar-refractivity contribution in [1.82, 2.24) is 0 Å². The van der Waals surface area contributed by atoms with Crippen LogP contribution >= 0.6 is 0 Å². The van der Waals surface area contributed by atoms with Gasteiger partial charge < -0.3 is 0 Å². The largest absolute Gasteiger partial charge is 0.0654 e. The summed E-state index contributed by atoms with van der Waals surface area (Å²) in [7, 11) is 0. The molecule has 9 saturated carbocycles. The molecule has 0 N–H and O–H groups in total. The minimum Gasteiger partial charge on any atom is -0.0654 e. The van der Waals surface area contributed by atoms with Crippen LogP contribution in [0.5, 0.6) is 0 Å². The van der Waals surface area contributed by atoms with E-state index >= 15 is 0 Å². The Morgan fingerprint density at radius 2 is 0.886 bits per heavy atom. The Morgan fingerprint density at radius 1 is 0.429 bits per heavy atom. The maximum atomic E-state index is 2.39. The van der Waals surface area contributed by atoms with Crippen LogP contribution < -0.4 is 0 Å². The highest BCUT2D eigenvalue weighted by atomic mass is 14.3. The van der Waals surface area contributed by atoms with Gasteiger partial charge in [-0.25, -0.2) is 0 Å². The molecule has 9 aliphatic rings. The van der Waals surface area contributed by atoms with E-state index in [9.17, 15) is 0 Å². The van der Waals surface area contributed by atoms with E-state index in [2.05, 4.69) is 138 Å². The zero-order chi connectivity index (χ0) is 53.2. The summed E-state index contributed by atoms with van der Waals surface area (Å²) in [6, 6.07) is 0. The van der Waals surface area contributed by atoms with E-state index in [0.29, 0.717) is 10.8 Å². The fourth-order valence-corrected chi connectivity index (χ4v) is 11.7. The van der Waals surface area contributed by atoms with Crippen molar-refractivity contribution in [3.63, 3.8) is 0 Å². The van der Waals surface area contributed by atoms with Crippen molar-refractivity contribution in [3.05, 3.63) is 0 Å². The van der Waals surface area contributed by atoms with Crippen LogP contribution in [-0.4, -0.2) is 0 Å². The van der Waals surface area contributed by atoms with Gasteiger partial charge in [-0.15, -0.1) is 0 Å². The smallest absolute Gasteiger partial charge is 0.0328 e. The third-order valence-corrected chi connectivity index (χ3v) is 20.6. The summed E-state index contributed by atoms with van der Waals surface area (Å²) in [6.07, 6.45) is 51.7. The molecule has 0 bridgehead atoms. The van der Waals surface area contributed by atoms with Crippen LogP contribution in [0.1, 0.15) is 363 Å². The van der Waals surface area contributed by atoms with E-state index in [0.717, 1.165) is 76.4 Å². The molecule has 0 nitrogen and oxygen atoms in total. The molecule has 0 aliphatic heterocycles. The molecule has 0 radical (unpaired) electrons. The summed E-state index contributed by atoms with van der Waals surface area (Å²) in [5.74, 6) is 12.3. The Bertz CT molecular complexity index is 1060. The molecule has 422 valence electrons. The minimum absolute atomic E-state index is 0.500. The van der Waals surface area contributed by atoms with Gasteiger partial charge in [0.2, 0.25) is 0 Å². The average molecular weight is 984 g/mol. The molecule has 0 saturated heterocycles. The molecule has 6 atom stereocenters. The van der Waals surface area contributed by atoms with E-state index < -0.39 is 0 Å². The number of hydrogen-bond donors (Lipinski definition) is 0. The zero-order valence-corrected chi connectivity index (χ0v) is 53.2. The van der Waals surface area contributed by atoms with Crippen molar-refractivity contribution in [2.75, 3.05) is 0 Å². The Kier molecular flexibility index (Phi) is 40.3. The van der Waals surface area contributed by atoms with Crippen molar-refractivity contribution < 1.29 is 0 Å². The Labute approximate surface area is 448 Å². The van der Waals surface area contributed by atoms with Gasteiger partial charge in [-0.05, 0) is 126 Å². The number of hydrogen-bond acceptors (Lipinski definition) is 0. The maximum absolute atomic E-state index is 2.39. The van der Waals surface area contributed by atoms with Gasteiger partial charge in [0.1, 0.15) is 0 Å². The average Bonchev–Trinajstić information content (AvgIpc) is 4.10. The molecule has 0 aromatic rings. The Morgan fingerprint density at radius 3 is 1.00 bits per heavy atom. The molecule has 0 spiro atoms. The third kappa shape index (κ3) is 36.1. The maximum Gasteiger partial charge on any atom is -0.0328 e. The summed E-state index contributed by atoms with van der Waals surface area (Å²) in [5, 5.41) is 0. The first kappa shape index (κ1) is 70.0. The topological polar surface area (TPSA) is 0 Å². The third-order valence-electron chi connectivity index (χ3n) is 20.6. The molecule has 9 rings (SSSR count). The lowest BCUT2D eigenvalue weighted by Crippen LogP contribution is -2.23. The van der Waals surface area contributed by atoms with E-state index in [-0.39, 0.29) is 0 Å². The van der Waals surface area contributed by atoms with Gasteiger partial charge in [0.15, 0.2) is 0 Å². The highest BCUT2D eigenvalue weighted by Gasteiger charge is 2.29. The lowest BCUT2D eigenvalue weighted by Gasteiger charge is -2.37. The lowest BCUT2D eigenvalue weighted by atomic mass is 9.69. The van der Waals surface area contributed by atoms with Crippen LogP contribution in [0.3, 0.4) is 0 Å². The zero-order valence-electron chi connectivity index (χ0n) is 53.2. The van der Waals surface area contributed by atoms with Gasteiger partial charge in [0.25, 0.3) is 0 Å². The standard InChI is InChI=1S/9C7H14.C7H16/c1-6-3-4-7(2)5-6;1-7(2)5-3-4-6-7;1-6-4-3-5-7(6)2;1-6(2)7-4-3-5-7;1-7-5-3-2-4-6-7;1-3-7(2)5-4-6-7;1-3-7-5-4-6(7)2;1-2-7-5-3-4-6-7;1-2-4-7-5-3-6-7;1-6(2)7(3,4)5/h6-7H,3-5H2,1-2H3;3-6H2,1-2H3;2*6-7H,3-5H2,1-2H3;7H,2-6H2,1H3;3-6H2,1-2H3;6-7H,3-5H2,1-2H3;2*7H,2-6H2,1H3;6H,1-5H3/t6-,7?;;6-,7?;;;;6-,7?;;;/m1.1...0.../s1. The predicted molar refractivity (Wildman–Crippen MR) is 324 cm³/mol. The van der Waals surface area contributed by atoms with Crippen molar-refractivity contribution in [1.29, 1.82) is 0 Å². The predicted octanol–water partition coefficient (Wildman–Crippen LogP) is 25.4. The summed E-state index contributed by atoms with van der Waals surface area (Å²) in [5.41, 5.74) is 1.96. The molecule has 70 heavy (non-hydrogen) atoms. The molecule has 9 aliphatic carbocycles. The van der Waals surface area contributed by atoms with Crippen molar-refractivity contribution in [2.45, 2.75) is 363 Å². The number of rotatable bonds is 6. The second-order valence-electron chi connectivity index (χ2n) is 29.4. The van der Waals surface area contributed by atoms with Gasteiger partial charge in [-0.3, -0.25) is 0 Å². The molecule has 0 aromatic heterocycles. The first-order valence-corrected chi connectivity index (χ1v) is 32.9. The molecule has 0 aromatic carbocycles.